The number of rotatable bonds is 3. The van der Waals surface area contributed by atoms with Gasteiger partial charge in [-0.15, -0.1) is 0 Å². The van der Waals surface area contributed by atoms with Gasteiger partial charge in [0.1, 0.15) is 5.75 Å². The molecule has 1 aliphatic rings. The molecule has 0 radical (unpaired) electrons. The van der Waals surface area contributed by atoms with Crippen molar-refractivity contribution >= 4 is 11.6 Å². The summed E-state index contributed by atoms with van der Waals surface area (Å²) in [6.45, 7) is 2.23. The van der Waals surface area contributed by atoms with Crippen molar-refractivity contribution in [3.05, 3.63) is 23.8 Å². The van der Waals surface area contributed by atoms with E-state index in [-0.39, 0.29) is 6.10 Å². The number of ether oxygens (including phenoxy) is 1. The lowest BCUT2D eigenvalue weighted by molar-refractivity contribution is 0.0999. The highest BCUT2D eigenvalue weighted by Gasteiger charge is 2.21. The highest BCUT2D eigenvalue weighted by molar-refractivity contribution is 5.99. The third-order valence-electron chi connectivity index (χ3n) is 3.51. The quantitative estimate of drug-likeness (QED) is 0.806. The smallest absolute Gasteiger partial charge is 0.250 e. The van der Waals surface area contributed by atoms with Crippen LogP contribution in [0.1, 0.15) is 43.0 Å². The lowest BCUT2D eigenvalue weighted by Gasteiger charge is -2.28. The third kappa shape index (κ3) is 2.75. The van der Waals surface area contributed by atoms with Crippen molar-refractivity contribution in [2.24, 2.45) is 11.7 Å². The first kappa shape index (κ1) is 12.7. The number of benzene rings is 1. The first-order chi connectivity index (χ1) is 8.58. The summed E-state index contributed by atoms with van der Waals surface area (Å²) in [5.41, 5.74) is 11.9. The number of primary amides is 1. The SMILES string of the molecule is CC1CCCC(Oc2cccc(C(N)=O)c2N)C1. The standard InChI is InChI=1S/C14H20N2O2/c1-9-4-2-5-10(8-9)18-12-7-3-6-11(13(12)15)14(16)17/h3,6-7,9-10H,2,4-5,8,15H2,1H3,(H2,16,17). The highest BCUT2D eigenvalue weighted by atomic mass is 16.5. The van der Waals surface area contributed by atoms with Crippen molar-refractivity contribution in [3.8, 4) is 5.75 Å². The summed E-state index contributed by atoms with van der Waals surface area (Å²) in [7, 11) is 0. The third-order valence-corrected chi connectivity index (χ3v) is 3.51. The first-order valence-corrected chi connectivity index (χ1v) is 6.43. The van der Waals surface area contributed by atoms with Gasteiger partial charge in [-0.05, 0) is 37.3 Å². The number of nitrogens with two attached hydrogens (primary N) is 2. The number of carbonyl (C=O) groups is 1. The van der Waals surface area contributed by atoms with Crippen LogP contribution >= 0.6 is 0 Å². The van der Waals surface area contributed by atoms with Crippen LogP contribution in [0.4, 0.5) is 5.69 Å². The van der Waals surface area contributed by atoms with Gasteiger partial charge in [-0.25, -0.2) is 0 Å². The summed E-state index contributed by atoms with van der Waals surface area (Å²) in [5, 5.41) is 0. The van der Waals surface area contributed by atoms with Gasteiger partial charge in [-0.3, -0.25) is 4.79 Å². The molecular formula is C14H20N2O2. The van der Waals surface area contributed by atoms with Crippen molar-refractivity contribution in [2.45, 2.75) is 38.7 Å². The van der Waals surface area contributed by atoms with Crippen LogP contribution in [0.15, 0.2) is 18.2 Å². The van der Waals surface area contributed by atoms with Gasteiger partial charge in [0.2, 0.25) is 0 Å². The molecule has 1 amide bonds. The van der Waals surface area contributed by atoms with E-state index >= 15 is 0 Å². The van der Waals surface area contributed by atoms with Gasteiger partial charge in [0.05, 0.1) is 17.4 Å². The Labute approximate surface area is 107 Å². The van der Waals surface area contributed by atoms with Crippen LogP contribution in [0.2, 0.25) is 0 Å². The fourth-order valence-electron chi connectivity index (χ4n) is 2.53. The van der Waals surface area contributed by atoms with Crippen molar-refractivity contribution in [1.82, 2.24) is 0 Å². The Morgan fingerprint density at radius 2 is 2.17 bits per heavy atom. The Morgan fingerprint density at radius 3 is 2.83 bits per heavy atom. The number of anilines is 1. The van der Waals surface area contributed by atoms with E-state index in [1.54, 1.807) is 18.2 Å². The zero-order valence-electron chi connectivity index (χ0n) is 10.7. The fraction of sp³-hybridized carbons (Fsp3) is 0.500. The van der Waals surface area contributed by atoms with E-state index in [0.717, 1.165) is 12.8 Å². The summed E-state index contributed by atoms with van der Waals surface area (Å²) in [5.74, 6) is 0.740. The molecule has 0 aromatic heterocycles. The van der Waals surface area contributed by atoms with Crippen LogP contribution in [0.5, 0.6) is 5.75 Å². The molecule has 4 nitrogen and oxygen atoms in total. The van der Waals surface area contributed by atoms with E-state index in [9.17, 15) is 4.79 Å². The van der Waals surface area contributed by atoms with Crippen LogP contribution in [-0.4, -0.2) is 12.0 Å². The first-order valence-electron chi connectivity index (χ1n) is 6.43. The topological polar surface area (TPSA) is 78.3 Å². The van der Waals surface area contributed by atoms with Crippen LogP contribution in [-0.2, 0) is 0 Å². The maximum Gasteiger partial charge on any atom is 0.250 e. The molecule has 1 aliphatic carbocycles. The van der Waals surface area contributed by atoms with Gasteiger partial charge in [-0.1, -0.05) is 19.4 Å². The van der Waals surface area contributed by atoms with E-state index in [0.29, 0.717) is 22.9 Å². The van der Waals surface area contributed by atoms with Crippen molar-refractivity contribution in [3.63, 3.8) is 0 Å². The maximum absolute atomic E-state index is 11.2. The number of para-hydroxylation sites is 1. The molecule has 2 unspecified atom stereocenters. The molecule has 0 aliphatic heterocycles. The summed E-state index contributed by atoms with van der Waals surface area (Å²) < 4.78 is 5.91. The molecule has 0 saturated heterocycles. The normalized spacial score (nSPS) is 23.6. The zero-order valence-corrected chi connectivity index (χ0v) is 10.7. The van der Waals surface area contributed by atoms with Crippen molar-refractivity contribution in [2.75, 3.05) is 5.73 Å². The lowest BCUT2D eigenvalue weighted by Crippen LogP contribution is -2.25. The number of carbonyl (C=O) groups excluding carboxylic acids is 1. The van der Waals surface area contributed by atoms with Gasteiger partial charge in [0, 0.05) is 0 Å². The molecule has 0 heterocycles. The minimum atomic E-state index is -0.519. The molecule has 18 heavy (non-hydrogen) atoms. The summed E-state index contributed by atoms with van der Waals surface area (Å²) in [6.07, 6.45) is 4.72. The summed E-state index contributed by atoms with van der Waals surface area (Å²) in [6, 6.07) is 5.16. The number of hydrogen-bond acceptors (Lipinski definition) is 3. The molecule has 1 aromatic carbocycles. The Kier molecular flexibility index (Phi) is 3.75. The molecule has 98 valence electrons. The molecule has 2 rings (SSSR count). The van der Waals surface area contributed by atoms with Crippen LogP contribution in [0.25, 0.3) is 0 Å². The van der Waals surface area contributed by atoms with Crippen molar-refractivity contribution < 1.29 is 9.53 Å². The van der Waals surface area contributed by atoms with E-state index in [1.807, 2.05) is 0 Å². The maximum atomic E-state index is 11.2. The molecule has 4 heteroatoms. The zero-order chi connectivity index (χ0) is 13.1. The Hall–Kier alpha value is -1.71. The second-order valence-corrected chi connectivity index (χ2v) is 5.09. The molecule has 0 bridgehead atoms. The van der Waals surface area contributed by atoms with Crippen LogP contribution < -0.4 is 16.2 Å². The van der Waals surface area contributed by atoms with Gasteiger partial charge in [0.15, 0.2) is 0 Å². The Bertz CT molecular complexity index is 445. The molecule has 0 spiro atoms. The highest BCUT2D eigenvalue weighted by Crippen LogP contribution is 2.31. The number of hydrogen-bond donors (Lipinski definition) is 2. The molecule has 2 atom stereocenters. The number of nitrogen functional groups attached to an aromatic ring is 1. The van der Waals surface area contributed by atoms with E-state index in [4.69, 9.17) is 16.2 Å². The molecular weight excluding hydrogens is 228 g/mol. The average molecular weight is 248 g/mol. The van der Waals surface area contributed by atoms with Crippen LogP contribution in [0, 0.1) is 5.92 Å². The van der Waals surface area contributed by atoms with E-state index in [1.165, 1.54) is 12.8 Å². The second-order valence-electron chi connectivity index (χ2n) is 5.09. The largest absolute Gasteiger partial charge is 0.488 e. The van der Waals surface area contributed by atoms with Gasteiger partial charge >= 0.3 is 0 Å². The Balaban J connectivity index is 2.14. The minimum absolute atomic E-state index is 0.194. The second kappa shape index (κ2) is 5.29. The van der Waals surface area contributed by atoms with E-state index in [2.05, 4.69) is 6.92 Å². The fourth-order valence-corrected chi connectivity index (χ4v) is 2.53. The monoisotopic (exact) mass is 248 g/mol. The Morgan fingerprint density at radius 1 is 1.39 bits per heavy atom. The molecule has 1 fully saturated rings. The molecule has 1 saturated carbocycles. The molecule has 1 aromatic rings. The van der Waals surface area contributed by atoms with Crippen molar-refractivity contribution in [1.29, 1.82) is 0 Å². The van der Waals surface area contributed by atoms with E-state index < -0.39 is 5.91 Å². The summed E-state index contributed by atoms with van der Waals surface area (Å²) in [4.78, 5) is 11.2. The average Bonchev–Trinajstić information content (AvgIpc) is 2.31. The van der Waals surface area contributed by atoms with Gasteiger partial charge in [0.25, 0.3) is 5.91 Å². The lowest BCUT2D eigenvalue weighted by atomic mass is 9.88. The van der Waals surface area contributed by atoms with Gasteiger partial charge in [-0.2, -0.15) is 0 Å². The number of amides is 1. The molecule has 4 N–H and O–H groups in total. The summed E-state index contributed by atoms with van der Waals surface area (Å²) >= 11 is 0. The minimum Gasteiger partial charge on any atom is -0.488 e. The van der Waals surface area contributed by atoms with Crippen LogP contribution in [0.3, 0.4) is 0 Å². The van der Waals surface area contributed by atoms with Gasteiger partial charge < -0.3 is 16.2 Å². The predicted octanol–water partition coefficient (Wildman–Crippen LogP) is 2.33. The predicted molar refractivity (Wildman–Crippen MR) is 71.4 cm³/mol.